The quantitative estimate of drug-likeness (QED) is 0.128. The number of hydrogen-bond acceptors (Lipinski definition) is 10. The molecular weight excluding hydrogens is 746 g/mol. The van der Waals surface area contributed by atoms with Crippen LogP contribution in [0.25, 0.3) is 22.1 Å². The van der Waals surface area contributed by atoms with Gasteiger partial charge in [0.2, 0.25) is 0 Å². The molecule has 0 aliphatic carbocycles. The predicted molar refractivity (Wildman–Crippen MR) is 185 cm³/mol. The minimum Gasteiger partial charge on any atom is -0.384 e. The number of nitrogen functional groups attached to an aromatic ring is 3. The minimum absolute atomic E-state index is 0. The van der Waals surface area contributed by atoms with Crippen LogP contribution >= 0.6 is 15.9 Å². The van der Waals surface area contributed by atoms with Gasteiger partial charge >= 0.3 is 12.4 Å². The van der Waals surface area contributed by atoms with E-state index < -0.39 is 23.5 Å². The highest BCUT2D eigenvalue weighted by Gasteiger charge is 2.31. The van der Waals surface area contributed by atoms with Gasteiger partial charge in [0.05, 0.1) is 40.6 Å². The monoisotopic (exact) mass is 776 g/mol. The number of nitrogens with zero attached hydrogens (tertiary/aromatic N) is 8. The van der Waals surface area contributed by atoms with E-state index in [2.05, 4.69) is 35.9 Å². The maximum Gasteiger partial charge on any atom is 0.416 e. The Morgan fingerprint density at radius 1 is 0.627 bits per heavy atom. The van der Waals surface area contributed by atoms with Gasteiger partial charge in [-0.25, -0.2) is 19.9 Å². The molecule has 0 saturated heterocycles. The fourth-order valence-corrected chi connectivity index (χ4v) is 5.44. The van der Waals surface area contributed by atoms with E-state index in [1.165, 1.54) is 41.5 Å². The number of benzene rings is 2. The first-order valence-electron chi connectivity index (χ1n) is 13.4. The fourth-order valence-electron chi connectivity index (χ4n) is 4.86. The zero-order valence-electron chi connectivity index (χ0n) is 24.9. The number of fused-ring (bicyclic) bond motifs is 2. The van der Waals surface area contributed by atoms with Crippen molar-refractivity contribution in [2.45, 2.75) is 40.3 Å². The first-order valence-corrected chi connectivity index (χ1v) is 14.2. The highest BCUT2D eigenvalue weighted by atomic mass is 79.9. The summed E-state index contributed by atoms with van der Waals surface area (Å²) < 4.78 is 79.4. The van der Waals surface area contributed by atoms with Crippen LogP contribution in [0, 0.1) is 22.7 Å². The van der Waals surface area contributed by atoms with Gasteiger partial charge in [0.15, 0.2) is 0 Å². The molecule has 19 heteroatoms. The van der Waals surface area contributed by atoms with Crippen LogP contribution in [-0.4, -0.2) is 29.1 Å². The van der Waals surface area contributed by atoms with Crippen LogP contribution in [0.5, 0.6) is 0 Å². The predicted octanol–water partition coefficient (Wildman–Crippen LogP) is 7.68. The second-order valence-corrected chi connectivity index (χ2v) is 10.9. The molecule has 2 aromatic carbocycles. The number of rotatable bonds is 4. The summed E-state index contributed by atoms with van der Waals surface area (Å²) in [6.07, 6.45) is -6.27. The third-order valence-electron chi connectivity index (χ3n) is 7.18. The number of nitrogens with two attached hydrogens (primary N) is 3. The van der Waals surface area contributed by atoms with Gasteiger partial charge in [-0.1, -0.05) is 39.1 Å². The van der Waals surface area contributed by atoms with Crippen LogP contribution in [-0.2, 0) is 25.4 Å². The third kappa shape index (κ3) is 8.11. The van der Waals surface area contributed by atoms with E-state index in [0.29, 0.717) is 37.8 Å². The first-order chi connectivity index (χ1) is 22.6. The van der Waals surface area contributed by atoms with Crippen LogP contribution in [0.2, 0.25) is 0 Å². The Labute approximate surface area is 295 Å². The molecule has 0 unspecified atom stereocenters. The highest BCUT2D eigenvalue weighted by molar-refractivity contribution is 9.10. The lowest BCUT2D eigenvalue weighted by molar-refractivity contribution is -0.138. The van der Waals surface area contributed by atoms with Crippen molar-refractivity contribution >= 4 is 55.5 Å². The summed E-state index contributed by atoms with van der Waals surface area (Å²) in [4.78, 5) is 15.9. The van der Waals surface area contributed by atoms with E-state index in [0.717, 1.165) is 24.3 Å². The molecule has 9 N–H and O–H groups in total. The molecule has 4 heterocycles. The molecule has 6 aromatic rings. The van der Waals surface area contributed by atoms with Crippen LogP contribution in [0.4, 0.5) is 43.8 Å². The van der Waals surface area contributed by atoms with Crippen molar-refractivity contribution in [3.05, 3.63) is 99.2 Å². The van der Waals surface area contributed by atoms with Crippen LogP contribution < -0.4 is 23.4 Å². The van der Waals surface area contributed by atoms with Gasteiger partial charge in [-0.15, -0.1) is 0 Å². The Balaban J connectivity index is 0.000000334. The fraction of sp³-hybridized carbons (Fsp3) is 0.188. The van der Waals surface area contributed by atoms with Crippen molar-refractivity contribution in [2.75, 3.05) is 17.2 Å². The lowest BCUT2D eigenvalue weighted by atomic mass is 10.1. The zero-order chi connectivity index (χ0) is 35.0. The Morgan fingerprint density at radius 2 is 1.00 bits per heavy atom. The molecule has 0 bridgehead atoms. The molecule has 0 saturated carbocycles. The number of alkyl halides is 6. The smallest absolute Gasteiger partial charge is 0.384 e. The van der Waals surface area contributed by atoms with E-state index in [4.69, 9.17) is 17.2 Å². The van der Waals surface area contributed by atoms with Crippen molar-refractivity contribution in [3.8, 4) is 12.1 Å². The summed E-state index contributed by atoms with van der Waals surface area (Å²) in [7, 11) is 0. The van der Waals surface area contributed by atoms with Gasteiger partial charge in [-0.3, -0.25) is 0 Å². The van der Waals surface area contributed by atoms with Gasteiger partial charge in [-0.05, 0) is 51.3 Å². The summed E-state index contributed by atoms with van der Waals surface area (Å²) >= 11 is 3.33. The van der Waals surface area contributed by atoms with E-state index in [1.54, 1.807) is 4.57 Å². The second-order valence-electron chi connectivity index (χ2n) is 10.1. The highest BCUT2D eigenvalue weighted by Crippen LogP contribution is 2.34. The van der Waals surface area contributed by atoms with E-state index >= 15 is 0 Å². The SMILES string of the molecule is C.C.N.N#Cc1c(Br)n(Cc2ccc(C(F)(F)F)cc2)c2ncnc(N)c12.N#Cc1c(N)n(Cc2ccc(C(F)(F)F)cc2)c2ncnc(N)c12. The van der Waals surface area contributed by atoms with Crippen molar-refractivity contribution in [3.63, 3.8) is 0 Å². The number of anilines is 3. The molecule has 12 nitrogen and oxygen atoms in total. The molecule has 6 rings (SSSR count). The molecule has 0 radical (unpaired) electrons. The van der Waals surface area contributed by atoms with Crippen molar-refractivity contribution < 1.29 is 26.3 Å². The molecule has 51 heavy (non-hydrogen) atoms. The first kappa shape index (κ1) is 41.3. The summed E-state index contributed by atoms with van der Waals surface area (Å²) in [5.74, 6) is 0.428. The van der Waals surface area contributed by atoms with Gasteiger partial charge in [0.1, 0.15) is 63.7 Å². The van der Waals surface area contributed by atoms with Gasteiger partial charge in [0.25, 0.3) is 0 Å². The number of nitriles is 2. The van der Waals surface area contributed by atoms with E-state index in [-0.39, 0.29) is 62.7 Å². The Bertz CT molecular complexity index is 2070. The summed E-state index contributed by atoms with van der Waals surface area (Å²) in [5, 5.41) is 19.3. The Kier molecular flexibility index (Phi) is 12.7. The van der Waals surface area contributed by atoms with Gasteiger partial charge in [-0.2, -0.15) is 36.9 Å². The van der Waals surface area contributed by atoms with Crippen molar-refractivity contribution in [2.24, 2.45) is 0 Å². The van der Waals surface area contributed by atoms with Crippen molar-refractivity contribution in [1.29, 1.82) is 10.5 Å². The Hall–Kier alpha value is -5.92. The molecule has 4 aromatic heterocycles. The van der Waals surface area contributed by atoms with Crippen LogP contribution in [0.1, 0.15) is 48.2 Å². The largest absolute Gasteiger partial charge is 0.416 e. The second kappa shape index (κ2) is 15.7. The molecule has 0 amide bonds. The van der Waals surface area contributed by atoms with Gasteiger partial charge in [0, 0.05) is 0 Å². The standard InChI is InChI=1S/C15H9BrF3N5.C15H11F3N6.2CH4.H3N/c16-12-10(5-20)11-13(21)22-7-23-14(11)24(12)6-8-1-3-9(4-2-8)15(17,18)19;16-15(17,18)9-3-1-8(2-4-9)6-24-13(21)10(5-19)11-12(20)22-7-23-14(11)24;;;/h1-4,7H,6H2,(H2,21,22,23);1-4,7H,6,21H2,(H2,20,22,23);2*1H4;1H3. The summed E-state index contributed by atoms with van der Waals surface area (Å²) in [6, 6.07) is 13.5. The Morgan fingerprint density at radius 3 is 1.39 bits per heavy atom. The van der Waals surface area contributed by atoms with Gasteiger partial charge < -0.3 is 32.5 Å². The van der Waals surface area contributed by atoms with E-state index in [9.17, 15) is 36.9 Å². The average molecular weight is 778 g/mol. The zero-order valence-corrected chi connectivity index (χ0v) is 26.4. The minimum atomic E-state index is -4.40. The number of halogens is 7. The number of aromatic nitrogens is 6. The summed E-state index contributed by atoms with van der Waals surface area (Å²) in [6.45, 7) is 0.381. The normalized spacial score (nSPS) is 10.9. The summed E-state index contributed by atoms with van der Waals surface area (Å²) in [5.41, 5.74) is 18.6. The molecule has 0 aliphatic rings. The lowest BCUT2D eigenvalue weighted by Gasteiger charge is -2.10. The topological polar surface area (TPSA) is 222 Å². The maximum absolute atomic E-state index is 12.6. The van der Waals surface area contributed by atoms with Crippen LogP contribution in [0.15, 0.2) is 65.8 Å². The van der Waals surface area contributed by atoms with Crippen LogP contribution in [0.3, 0.4) is 0 Å². The molecule has 0 fully saturated rings. The van der Waals surface area contributed by atoms with Crippen molar-refractivity contribution in [1.82, 2.24) is 35.2 Å². The molecular formula is C32H31BrF6N12. The third-order valence-corrected chi connectivity index (χ3v) is 8.01. The molecule has 0 atom stereocenters. The molecule has 268 valence electrons. The number of hydrogen-bond donors (Lipinski definition) is 4. The molecule has 0 aliphatic heterocycles. The average Bonchev–Trinajstić information content (AvgIpc) is 3.47. The lowest BCUT2D eigenvalue weighted by Crippen LogP contribution is -2.07. The maximum atomic E-state index is 12.6. The van der Waals surface area contributed by atoms with E-state index in [1.807, 2.05) is 12.1 Å². The molecule has 0 spiro atoms.